The summed E-state index contributed by atoms with van der Waals surface area (Å²) in [4.78, 5) is 1.19. The minimum Gasteiger partial charge on any atom is -0.204 e. The third-order valence-electron chi connectivity index (χ3n) is 5.46. The Bertz CT molecular complexity index is 1610. The quantitative estimate of drug-likeness (QED) is 0.160. The van der Waals surface area contributed by atoms with Crippen LogP contribution in [0.4, 0.5) is 13.2 Å². The van der Waals surface area contributed by atoms with Gasteiger partial charge in [-0.3, -0.25) is 0 Å². The summed E-state index contributed by atoms with van der Waals surface area (Å²) in [5.41, 5.74) is 3.59. The molecule has 0 fully saturated rings. The van der Waals surface area contributed by atoms with Gasteiger partial charge in [0.15, 0.2) is 17.5 Å². The van der Waals surface area contributed by atoms with Crippen molar-refractivity contribution >= 4 is 22.5 Å². The van der Waals surface area contributed by atoms with Crippen LogP contribution in [0, 0.1) is 53.0 Å². The molecule has 0 aromatic heterocycles. The number of benzene rings is 4. The van der Waals surface area contributed by atoms with E-state index in [1.54, 1.807) is 11.8 Å². The molecule has 0 bridgehead atoms. The average molecular weight is 495 g/mol. The van der Waals surface area contributed by atoms with Gasteiger partial charge in [-0.15, -0.1) is 17.7 Å². The first kappa shape index (κ1) is 25.1. The maximum absolute atomic E-state index is 13.4. The number of fused-ring (bicyclic) bond motifs is 1. The number of hydrogen-bond acceptors (Lipinski definition) is 1. The molecule has 0 spiro atoms. The van der Waals surface area contributed by atoms with E-state index in [2.05, 4.69) is 65.9 Å². The van der Waals surface area contributed by atoms with Crippen LogP contribution in [-0.2, 0) is 6.42 Å². The molecule has 0 saturated heterocycles. The van der Waals surface area contributed by atoms with Crippen molar-refractivity contribution in [2.24, 2.45) is 0 Å². The summed E-state index contributed by atoms with van der Waals surface area (Å²) in [6, 6.07) is 19.9. The fourth-order valence-corrected chi connectivity index (χ4v) is 4.34. The van der Waals surface area contributed by atoms with Crippen LogP contribution in [0.15, 0.2) is 71.6 Å². The van der Waals surface area contributed by atoms with E-state index in [-0.39, 0.29) is 5.56 Å². The third-order valence-corrected chi connectivity index (χ3v) is 6.34. The first-order valence-electron chi connectivity index (χ1n) is 11.3. The lowest BCUT2D eigenvalue weighted by molar-refractivity contribution is 0.446. The largest absolute Gasteiger partial charge is 0.204 e. The monoisotopic (exact) mass is 494 g/mol. The van der Waals surface area contributed by atoms with Gasteiger partial charge in [-0.25, -0.2) is 13.2 Å². The number of hydrogen-bond donors (Lipinski definition) is 0. The highest BCUT2D eigenvalue weighted by atomic mass is 32.2. The number of rotatable bonds is 3. The van der Waals surface area contributed by atoms with Crippen LogP contribution in [0.5, 0.6) is 0 Å². The van der Waals surface area contributed by atoms with Gasteiger partial charge in [-0.05, 0) is 84.3 Å². The van der Waals surface area contributed by atoms with Gasteiger partial charge in [0.05, 0.1) is 5.75 Å². The fourth-order valence-electron chi connectivity index (χ4n) is 3.58. The molecule has 4 aromatic rings. The van der Waals surface area contributed by atoms with Crippen molar-refractivity contribution in [3.63, 3.8) is 0 Å². The normalized spacial score (nSPS) is 10.0. The van der Waals surface area contributed by atoms with E-state index in [9.17, 15) is 13.2 Å². The van der Waals surface area contributed by atoms with Crippen LogP contribution < -0.4 is 0 Å². The summed E-state index contributed by atoms with van der Waals surface area (Å²) in [6.45, 7) is 3.87. The number of aryl methyl sites for hydroxylation is 1. The van der Waals surface area contributed by atoms with E-state index >= 15 is 0 Å². The zero-order chi connectivity index (χ0) is 25.5. The Morgan fingerprint density at radius 2 is 1.33 bits per heavy atom. The van der Waals surface area contributed by atoms with Crippen molar-refractivity contribution < 1.29 is 13.2 Å². The lowest BCUT2D eigenvalue weighted by Crippen LogP contribution is -1.92. The van der Waals surface area contributed by atoms with E-state index in [4.69, 9.17) is 0 Å². The molecule has 0 aliphatic heterocycles. The second kappa shape index (κ2) is 11.6. The van der Waals surface area contributed by atoms with Gasteiger partial charge in [0.1, 0.15) is 0 Å². The van der Waals surface area contributed by atoms with Crippen molar-refractivity contribution in [2.45, 2.75) is 25.2 Å². The summed E-state index contributed by atoms with van der Waals surface area (Å²) < 4.78 is 40.0. The molecule has 0 atom stereocenters. The Kier molecular flexibility index (Phi) is 8.07. The maximum Gasteiger partial charge on any atom is 0.194 e. The number of halogens is 3. The van der Waals surface area contributed by atoms with E-state index < -0.39 is 17.5 Å². The van der Waals surface area contributed by atoms with E-state index in [1.165, 1.54) is 4.90 Å². The molecule has 0 saturated carbocycles. The zero-order valence-electron chi connectivity index (χ0n) is 19.8. The standard InChI is InChI=1S/C32H21F3S/c1-3-5-16-36-29-15-14-27-18-23(10-13-28(27)21-29)9-12-26-11-8-22(17-25(26)4-2)6-7-24-19-30(33)32(35)31(34)20-24/h8,10-11,13-15,17-21H,4,16H2,1-2H3. The van der Waals surface area contributed by atoms with Crippen molar-refractivity contribution in [1.82, 2.24) is 0 Å². The van der Waals surface area contributed by atoms with E-state index in [0.29, 0.717) is 5.56 Å². The van der Waals surface area contributed by atoms with Crippen LogP contribution in [-0.4, -0.2) is 5.75 Å². The lowest BCUT2D eigenvalue weighted by atomic mass is 10.0. The van der Waals surface area contributed by atoms with Crippen molar-refractivity contribution in [3.8, 4) is 35.5 Å². The molecule has 0 radical (unpaired) electrons. The van der Waals surface area contributed by atoms with Gasteiger partial charge >= 0.3 is 0 Å². The highest BCUT2D eigenvalue weighted by molar-refractivity contribution is 7.99. The summed E-state index contributed by atoms with van der Waals surface area (Å²) in [7, 11) is 0. The van der Waals surface area contributed by atoms with Crippen LogP contribution >= 0.6 is 11.8 Å². The summed E-state index contributed by atoms with van der Waals surface area (Å²) in [6.07, 6.45) is 0.750. The highest BCUT2D eigenvalue weighted by Crippen LogP contribution is 2.24. The average Bonchev–Trinajstić information content (AvgIpc) is 2.89. The molecule has 0 nitrogen and oxygen atoms in total. The van der Waals surface area contributed by atoms with E-state index in [0.717, 1.165) is 51.8 Å². The van der Waals surface area contributed by atoms with Gasteiger partial charge in [-0.2, -0.15) is 0 Å². The Morgan fingerprint density at radius 3 is 2.08 bits per heavy atom. The topological polar surface area (TPSA) is 0 Å². The number of thioether (sulfide) groups is 1. The van der Waals surface area contributed by atoms with Gasteiger partial charge in [0.25, 0.3) is 0 Å². The van der Waals surface area contributed by atoms with Crippen molar-refractivity contribution in [3.05, 3.63) is 112 Å². The predicted molar refractivity (Wildman–Crippen MR) is 142 cm³/mol. The molecule has 0 aliphatic rings. The van der Waals surface area contributed by atoms with Crippen molar-refractivity contribution in [1.29, 1.82) is 0 Å². The Hall–Kier alpha value is -4.04. The second-order valence-electron chi connectivity index (χ2n) is 7.92. The zero-order valence-corrected chi connectivity index (χ0v) is 20.6. The van der Waals surface area contributed by atoms with Crippen LogP contribution in [0.2, 0.25) is 0 Å². The molecule has 4 aromatic carbocycles. The third kappa shape index (κ3) is 6.14. The van der Waals surface area contributed by atoms with Crippen molar-refractivity contribution in [2.75, 3.05) is 5.75 Å². The molecule has 0 aliphatic carbocycles. The molecule has 36 heavy (non-hydrogen) atoms. The Morgan fingerprint density at radius 1 is 0.694 bits per heavy atom. The van der Waals surface area contributed by atoms with Crippen LogP contribution in [0.3, 0.4) is 0 Å². The fraction of sp³-hybridized carbons (Fsp3) is 0.125. The predicted octanol–water partition coefficient (Wildman–Crippen LogP) is 7.73. The maximum atomic E-state index is 13.4. The highest BCUT2D eigenvalue weighted by Gasteiger charge is 2.09. The second-order valence-corrected chi connectivity index (χ2v) is 8.97. The Labute approximate surface area is 213 Å². The SMILES string of the molecule is CC#CCSc1ccc2cc(C#Cc3ccc(C#Cc4cc(F)c(F)c(F)c4)cc3CC)ccc2c1. The van der Waals surface area contributed by atoms with Gasteiger partial charge < -0.3 is 0 Å². The Balaban J connectivity index is 1.55. The van der Waals surface area contributed by atoms with E-state index in [1.807, 2.05) is 38.1 Å². The summed E-state index contributed by atoms with van der Waals surface area (Å²) in [5, 5.41) is 2.29. The van der Waals surface area contributed by atoms with Crippen LogP contribution in [0.1, 0.15) is 41.7 Å². The molecular weight excluding hydrogens is 473 g/mol. The molecule has 0 unspecified atom stereocenters. The first-order valence-corrected chi connectivity index (χ1v) is 12.3. The van der Waals surface area contributed by atoms with Gasteiger partial charge in [0.2, 0.25) is 0 Å². The summed E-state index contributed by atoms with van der Waals surface area (Å²) in [5.74, 6) is 14.8. The van der Waals surface area contributed by atoms with Gasteiger partial charge in [0, 0.05) is 27.1 Å². The first-order chi connectivity index (χ1) is 17.5. The van der Waals surface area contributed by atoms with Gasteiger partial charge in [-0.1, -0.05) is 48.7 Å². The minimum atomic E-state index is -1.50. The minimum absolute atomic E-state index is 0.0740. The molecule has 4 heteroatoms. The smallest absolute Gasteiger partial charge is 0.194 e. The molecule has 176 valence electrons. The lowest BCUT2D eigenvalue weighted by Gasteiger charge is -2.03. The molecule has 0 heterocycles. The molecule has 0 amide bonds. The van der Waals surface area contributed by atoms with Crippen LogP contribution in [0.25, 0.3) is 10.8 Å². The molecular formula is C32H21F3S. The summed E-state index contributed by atoms with van der Waals surface area (Å²) >= 11 is 1.72. The molecule has 4 rings (SSSR count). The molecule has 0 N–H and O–H groups in total.